The van der Waals surface area contributed by atoms with E-state index in [2.05, 4.69) is 0 Å². The van der Waals surface area contributed by atoms with E-state index in [1.54, 1.807) is 42.5 Å². The van der Waals surface area contributed by atoms with Crippen molar-refractivity contribution < 1.29 is 24.3 Å². The molecule has 0 atom stereocenters. The van der Waals surface area contributed by atoms with Crippen LogP contribution < -0.4 is 10.2 Å². The molecule has 0 radical (unpaired) electrons. The summed E-state index contributed by atoms with van der Waals surface area (Å²) in [6, 6.07) is 17.2. The van der Waals surface area contributed by atoms with Crippen LogP contribution in [-0.4, -0.2) is 15.1 Å². The van der Waals surface area contributed by atoms with Crippen molar-refractivity contribution in [3.05, 3.63) is 92.6 Å². The molecule has 2 N–H and O–H groups in total. The van der Waals surface area contributed by atoms with Crippen molar-refractivity contribution in [2.75, 3.05) is 0 Å². The molecule has 1 heterocycles. The van der Waals surface area contributed by atoms with E-state index in [-0.39, 0.29) is 34.8 Å². The second-order valence-electron chi connectivity index (χ2n) is 6.50. The maximum Gasteiger partial charge on any atom is 0.269 e. The van der Waals surface area contributed by atoms with E-state index in [0.717, 1.165) is 0 Å². The van der Waals surface area contributed by atoms with Crippen molar-refractivity contribution in [2.45, 2.75) is 6.61 Å². The number of ether oxygens (including phenoxy) is 1. The van der Waals surface area contributed by atoms with Gasteiger partial charge < -0.3 is 19.4 Å². The van der Waals surface area contributed by atoms with Crippen LogP contribution in [0.15, 0.2) is 75.9 Å². The highest BCUT2D eigenvalue weighted by Crippen LogP contribution is 2.35. The zero-order chi connectivity index (χ0) is 21.3. The molecule has 0 amide bonds. The number of hydrogen-bond acceptors (Lipinski definition) is 7. The zero-order valence-electron chi connectivity index (χ0n) is 15.4. The summed E-state index contributed by atoms with van der Waals surface area (Å²) in [7, 11) is 0. The molecule has 0 spiro atoms. The van der Waals surface area contributed by atoms with Gasteiger partial charge in [0.15, 0.2) is 5.76 Å². The van der Waals surface area contributed by atoms with Gasteiger partial charge in [0.1, 0.15) is 29.1 Å². The number of phenols is 1. The quantitative estimate of drug-likeness (QED) is 0.373. The molecule has 0 saturated heterocycles. The summed E-state index contributed by atoms with van der Waals surface area (Å²) < 4.78 is 11.4. The topological polar surface area (TPSA) is 123 Å². The smallest absolute Gasteiger partial charge is 0.269 e. The number of nitro groups is 1. The fourth-order valence-electron chi connectivity index (χ4n) is 3.01. The molecule has 0 bridgehead atoms. The third kappa shape index (κ3) is 3.53. The van der Waals surface area contributed by atoms with Crippen LogP contribution in [0.25, 0.3) is 22.3 Å². The molecule has 0 unspecified atom stereocenters. The minimum absolute atomic E-state index is 0.0139. The summed E-state index contributed by atoms with van der Waals surface area (Å²) in [4.78, 5) is 22.8. The van der Waals surface area contributed by atoms with Crippen molar-refractivity contribution in [2.24, 2.45) is 0 Å². The standard InChI is InChI=1S/C22H15NO7/c24-17-10-16(29-12-13-6-8-15(9-7-13)23(27)28)11-18-19(17)20(25)21(26)22(30-18)14-4-2-1-3-5-14/h1-11,24,26H,12H2. The number of rotatable bonds is 5. The van der Waals surface area contributed by atoms with Crippen LogP contribution in [0.5, 0.6) is 17.2 Å². The molecule has 0 aliphatic heterocycles. The lowest BCUT2D eigenvalue weighted by atomic mass is 10.1. The van der Waals surface area contributed by atoms with Gasteiger partial charge in [0, 0.05) is 29.8 Å². The van der Waals surface area contributed by atoms with E-state index >= 15 is 0 Å². The van der Waals surface area contributed by atoms with Gasteiger partial charge in [-0.1, -0.05) is 30.3 Å². The number of benzene rings is 3. The Balaban J connectivity index is 1.69. The fraction of sp³-hybridized carbons (Fsp3) is 0.0455. The summed E-state index contributed by atoms with van der Waals surface area (Å²) in [5, 5.41) is 31.1. The average Bonchev–Trinajstić information content (AvgIpc) is 2.75. The number of aromatic hydroxyl groups is 2. The highest BCUT2D eigenvalue weighted by atomic mass is 16.6. The Morgan fingerprint density at radius 3 is 2.37 bits per heavy atom. The van der Waals surface area contributed by atoms with Gasteiger partial charge in [-0.05, 0) is 17.7 Å². The highest BCUT2D eigenvalue weighted by molar-refractivity contribution is 5.88. The van der Waals surface area contributed by atoms with E-state index in [9.17, 15) is 25.1 Å². The van der Waals surface area contributed by atoms with Gasteiger partial charge in [-0.2, -0.15) is 0 Å². The first-order chi connectivity index (χ1) is 14.4. The molecular formula is C22H15NO7. The maximum absolute atomic E-state index is 12.6. The molecule has 8 heteroatoms. The summed E-state index contributed by atoms with van der Waals surface area (Å²) in [5.41, 5.74) is 0.449. The molecule has 8 nitrogen and oxygen atoms in total. The first kappa shape index (κ1) is 19.0. The molecule has 3 aromatic carbocycles. The predicted molar refractivity (Wildman–Crippen MR) is 109 cm³/mol. The maximum atomic E-state index is 12.6. The molecule has 0 fully saturated rings. The molecule has 0 aliphatic rings. The number of nitrogens with zero attached hydrogens (tertiary/aromatic N) is 1. The van der Waals surface area contributed by atoms with Gasteiger partial charge in [-0.3, -0.25) is 14.9 Å². The van der Waals surface area contributed by atoms with Gasteiger partial charge in [-0.25, -0.2) is 0 Å². The number of non-ortho nitro benzene ring substituents is 1. The molecule has 30 heavy (non-hydrogen) atoms. The normalized spacial score (nSPS) is 10.8. The lowest BCUT2D eigenvalue weighted by molar-refractivity contribution is -0.384. The summed E-state index contributed by atoms with van der Waals surface area (Å²) in [6.07, 6.45) is 0. The van der Waals surface area contributed by atoms with Crippen LogP contribution in [0.1, 0.15) is 5.56 Å². The number of fused-ring (bicyclic) bond motifs is 1. The van der Waals surface area contributed by atoms with Crippen molar-refractivity contribution in [1.82, 2.24) is 0 Å². The van der Waals surface area contributed by atoms with Crippen LogP contribution in [-0.2, 0) is 6.61 Å². The van der Waals surface area contributed by atoms with Crippen LogP contribution in [0.2, 0.25) is 0 Å². The van der Waals surface area contributed by atoms with E-state index in [4.69, 9.17) is 9.15 Å². The van der Waals surface area contributed by atoms with E-state index in [1.165, 1.54) is 24.3 Å². The Morgan fingerprint density at radius 2 is 1.70 bits per heavy atom. The molecular weight excluding hydrogens is 390 g/mol. The second kappa shape index (κ2) is 7.59. The van der Waals surface area contributed by atoms with E-state index < -0.39 is 21.9 Å². The van der Waals surface area contributed by atoms with Crippen molar-refractivity contribution in [3.63, 3.8) is 0 Å². The Morgan fingerprint density at radius 1 is 1.00 bits per heavy atom. The Bertz CT molecular complexity index is 1300. The lowest BCUT2D eigenvalue weighted by Gasteiger charge is -2.10. The molecule has 0 saturated carbocycles. The van der Waals surface area contributed by atoms with Gasteiger partial charge in [-0.15, -0.1) is 0 Å². The van der Waals surface area contributed by atoms with Gasteiger partial charge >= 0.3 is 0 Å². The lowest BCUT2D eigenvalue weighted by Crippen LogP contribution is -2.04. The number of phenolic OH excluding ortho intramolecular Hbond substituents is 1. The SMILES string of the molecule is O=c1c(O)c(-c2ccccc2)oc2cc(OCc3ccc([N+](=O)[O-])cc3)cc(O)c12. The van der Waals surface area contributed by atoms with Crippen LogP contribution >= 0.6 is 0 Å². The van der Waals surface area contributed by atoms with E-state index in [1.807, 2.05) is 0 Å². The van der Waals surface area contributed by atoms with Gasteiger partial charge in [0.2, 0.25) is 11.2 Å². The average molecular weight is 405 g/mol. The fourth-order valence-corrected chi connectivity index (χ4v) is 3.01. The monoisotopic (exact) mass is 405 g/mol. The summed E-state index contributed by atoms with van der Waals surface area (Å²) in [5.74, 6) is -0.773. The first-order valence-electron chi connectivity index (χ1n) is 8.88. The van der Waals surface area contributed by atoms with Crippen LogP contribution in [0.3, 0.4) is 0 Å². The minimum Gasteiger partial charge on any atom is -0.507 e. The molecule has 1 aromatic heterocycles. The molecule has 4 aromatic rings. The third-order valence-electron chi connectivity index (χ3n) is 4.51. The summed E-state index contributed by atoms with van der Waals surface area (Å²) in [6.45, 7) is 0.0802. The van der Waals surface area contributed by atoms with E-state index in [0.29, 0.717) is 11.1 Å². The molecule has 4 rings (SSSR count). The number of hydrogen-bond donors (Lipinski definition) is 2. The van der Waals surface area contributed by atoms with Crippen LogP contribution in [0, 0.1) is 10.1 Å². The zero-order valence-corrected chi connectivity index (χ0v) is 15.4. The van der Waals surface area contributed by atoms with Gasteiger partial charge in [0.05, 0.1) is 4.92 Å². The van der Waals surface area contributed by atoms with Gasteiger partial charge in [0.25, 0.3) is 5.69 Å². The third-order valence-corrected chi connectivity index (χ3v) is 4.51. The molecule has 150 valence electrons. The Hall–Kier alpha value is -4.33. The van der Waals surface area contributed by atoms with Crippen molar-refractivity contribution in [3.8, 4) is 28.6 Å². The Kier molecular flexibility index (Phi) is 4.81. The summed E-state index contributed by atoms with van der Waals surface area (Å²) >= 11 is 0. The highest BCUT2D eigenvalue weighted by Gasteiger charge is 2.19. The predicted octanol–water partition coefficient (Wildman–Crippen LogP) is 4.36. The van der Waals surface area contributed by atoms with Crippen molar-refractivity contribution in [1.29, 1.82) is 0 Å². The minimum atomic E-state index is -0.755. The van der Waals surface area contributed by atoms with Crippen molar-refractivity contribution >= 4 is 16.7 Å². The largest absolute Gasteiger partial charge is 0.507 e. The Labute approximate surface area is 169 Å². The number of nitro benzene ring substituents is 1. The van der Waals surface area contributed by atoms with Crippen LogP contribution in [0.4, 0.5) is 5.69 Å². The first-order valence-corrected chi connectivity index (χ1v) is 8.88. The molecule has 0 aliphatic carbocycles. The second-order valence-corrected chi connectivity index (χ2v) is 6.50.